The second kappa shape index (κ2) is 14.8. The Hall–Kier alpha value is -5.07. The summed E-state index contributed by atoms with van der Waals surface area (Å²) in [4.78, 5) is 58.8. The van der Waals surface area contributed by atoms with Crippen LogP contribution < -0.4 is 21.7 Å². The van der Waals surface area contributed by atoms with Gasteiger partial charge in [0.2, 0.25) is 17.7 Å². The number of aromatic nitrogens is 2. The van der Waals surface area contributed by atoms with Crippen LogP contribution in [0.4, 0.5) is 0 Å². The highest BCUT2D eigenvalue weighted by Crippen LogP contribution is 2.20. The number of para-hydroxylation sites is 2. The number of amides is 3. The third-order valence-corrected chi connectivity index (χ3v) is 8.26. The minimum Gasteiger partial charge on any atom is -0.480 e. The Bertz CT molecular complexity index is 1840. The van der Waals surface area contributed by atoms with Gasteiger partial charge in [-0.3, -0.25) is 14.4 Å². The molecule has 0 aliphatic rings. The molecule has 3 aromatic carbocycles. The average molecular weight is 641 g/mol. The van der Waals surface area contributed by atoms with Crippen molar-refractivity contribution in [1.29, 1.82) is 0 Å². The molecule has 0 spiro atoms. The van der Waals surface area contributed by atoms with E-state index in [-0.39, 0.29) is 25.0 Å². The highest BCUT2D eigenvalue weighted by molar-refractivity contribution is 7.80. The lowest BCUT2D eigenvalue weighted by Gasteiger charge is -2.25. The van der Waals surface area contributed by atoms with Gasteiger partial charge in [-0.2, -0.15) is 12.6 Å². The molecule has 0 bridgehead atoms. The van der Waals surface area contributed by atoms with Crippen molar-refractivity contribution in [1.82, 2.24) is 25.9 Å². The van der Waals surface area contributed by atoms with E-state index in [1.165, 1.54) is 0 Å². The molecule has 5 aromatic rings. The van der Waals surface area contributed by atoms with E-state index < -0.39 is 47.9 Å². The van der Waals surface area contributed by atoms with E-state index in [4.69, 9.17) is 5.73 Å². The molecular weight excluding hydrogens is 604 g/mol. The Labute approximate surface area is 270 Å². The molecule has 3 amide bonds. The minimum atomic E-state index is -1.26. The van der Waals surface area contributed by atoms with Crippen LogP contribution in [0, 0.1) is 0 Å². The summed E-state index contributed by atoms with van der Waals surface area (Å²) in [5.41, 5.74) is 10.5. The monoisotopic (exact) mass is 640 g/mol. The minimum absolute atomic E-state index is 0.0621. The van der Waals surface area contributed by atoms with Gasteiger partial charge in [0.1, 0.15) is 18.1 Å². The summed E-state index contributed by atoms with van der Waals surface area (Å²) in [6.45, 7) is 0. The largest absolute Gasteiger partial charge is 0.480 e. The molecule has 8 N–H and O–H groups in total. The first-order valence-corrected chi connectivity index (χ1v) is 15.5. The van der Waals surface area contributed by atoms with Crippen LogP contribution in [0.15, 0.2) is 91.3 Å². The van der Waals surface area contributed by atoms with E-state index in [9.17, 15) is 24.3 Å². The van der Waals surface area contributed by atoms with Crippen molar-refractivity contribution in [2.45, 2.75) is 43.4 Å². The van der Waals surface area contributed by atoms with E-state index in [0.29, 0.717) is 0 Å². The van der Waals surface area contributed by atoms with Gasteiger partial charge in [-0.25, -0.2) is 4.79 Å². The lowest BCUT2D eigenvalue weighted by Crippen LogP contribution is -2.58. The van der Waals surface area contributed by atoms with Crippen molar-refractivity contribution in [2.75, 3.05) is 5.75 Å². The predicted molar refractivity (Wildman–Crippen MR) is 179 cm³/mol. The highest BCUT2D eigenvalue weighted by Gasteiger charge is 2.31. The summed E-state index contributed by atoms with van der Waals surface area (Å²) in [6, 6.07) is 19.9. The summed E-state index contributed by atoms with van der Waals surface area (Å²) in [5, 5.41) is 19.4. The van der Waals surface area contributed by atoms with Crippen LogP contribution in [-0.2, 0) is 38.4 Å². The molecule has 46 heavy (non-hydrogen) atoms. The molecular formula is C34H36N6O5S. The Kier molecular flexibility index (Phi) is 10.4. The second-order valence-corrected chi connectivity index (χ2v) is 11.5. The molecule has 12 heteroatoms. The fourth-order valence-corrected chi connectivity index (χ4v) is 5.68. The number of benzene rings is 3. The third-order valence-electron chi connectivity index (χ3n) is 7.90. The lowest BCUT2D eigenvalue weighted by molar-refractivity contribution is -0.141. The number of nitrogens with one attached hydrogen (secondary N) is 5. The van der Waals surface area contributed by atoms with Crippen molar-refractivity contribution >= 4 is 58.1 Å². The van der Waals surface area contributed by atoms with Crippen LogP contribution in [0.3, 0.4) is 0 Å². The Balaban J connectivity index is 1.37. The molecule has 0 saturated heterocycles. The lowest BCUT2D eigenvalue weighted by atomic mass is 10.0. The summed E-state index contributed by atoms with van der Waals surface area (Å²) >= 11 is 4.05. The molecule has 0 aliphatic heterocycles. The average Bonchev–Trinajstić information content (AvgIpc) is 3.67. The Morgan fingerprint density at radius 2 is 1.13 bits per heavy atom. The van der Waals surface area contributed by atoms with Crippen LogP contribution in [-0.4, -0.2) is 68.7 Å². The summed E-state index contributed by atoms with van der Waals surface area (Å²) in [5.74, 6) is -3.23. The normalized spacial score (nSPS) is 13.9. The van der Waals surface area contributed by atoms with Gasteiger partial charge in [0, 0.05) is 52.8 Å². The van der Waals surface area contributed by atoms with E-state index in [1.54, 1.807) is 6.20 Å². The molecule has 11 nitrogen and oxygen atoms in total. The number of thiol groups is 1. The summed E-state index contributed by atoms with van der Waals surface area (Å²) in [7, 11) is 0. The van der Waals surface area contributed by atoms with Gasteiger partial charge in [0.05, 0.1) is 6.04 Å². The van der Waals surface area contributed by atoms with Gasteiger partial charge >= 0.3 is 5.97 Å². The number of fused-ring (bicyclic) bond motifs is 2. The van der Waals surface area contributed by atoms with Gasteiger partial charge in [0.25, 0.3) is 0 Å². The molecule has 238 valence electrons. The van der Waals surface area contributed by atoms with Gasteiger partial charge in [0.15, 0.2) is 0 Å². The zero-order valence-electron chi connectivity index (χ0n) is 24.9. The molecule has 4 unspecified atom stereocenters. The number of carboxylic acid groups (broad SMARTS) is 1. The maximum absolute atomic E-state index is 13.9. The Morgan fingerprint density at radius 3 is 1.70 bits per heavy atom. The van der Waals surface area contributed by atoms with Crippen molar-refractivity contribution in [3.63, 3.8) is 0 Å². The fraction of sp³-hybridized carbons (Fsp3) is 0.235. The fourth-order valence-electron chi connectivity index (χ4n) is 5.43. The first-order valence-electron chi connectivity index (χ1n) is 14.9. The standard InChI is InChI=1S/C34H36N6O5S/c35-25(15-21-17-36-26-12-6-4-10-23(21)26)31(41)38-28(14-20-8-2-1-3-9-20)32(42)39-29(33(43)40-30(19-46)34(44)45)16-22-18-37-27-13-7-5-11-24(22)27/h1-13,17-18,25,28-30,36-37,46H,14-16,19,35H2,(H,38,41)(H,39,42)(H,40,43)(H,44,45). The number of hydrogen-bond acceptors (Lipinski definition) is 6. The zero-order chi connectivity index (χ0) is 32.6. The number of carbonyl (C=O) groups is 4. The maximum atomic E-state index is 13.9. The van der Waals surface area contributed by atoms with Crippen molar-refractivity contribution < 1.29 is 24.3 Å². The van der Waals surface area contributed by atoms with E-state index >= 15 is 0 Å². The topological polar surface area (TPSA) is 182 Å². The van der Waals surface area contributed by atoms with Crippen molar-refractivity contribution in [3.05, 3.63) is 108 Å². The third kappa shape index (κ3) is 7.76. The number of H-pyrrole nitrogens is 2. The molecule has 5 rings (SSSR count). The van der Waals surface area contributed by atoms with Crippen LogP contribution in [0.2, 0.25) is 0 Å². The zero-order valence-corrected chi connectivity index (χ0v) is 25.8. The molecule has 0 aliphatic carbocycles. The van der Waals surface area contributed by atoms with Crippen LogP contribution in [0.5, 0.6) is 0 Å². The predicted octanol–water partition coefficient (Wildman–Crippen LogP) is 2.47. The first kappa shape index (κ1) is 32.3. The van der Waals surface area contributed by atoms with E-state index in [0.717, 1.165) is 38.5 Å². The van der Waals surface area contributed by atoms with Gasteiger partial charge in [-0.05, 0) is 35.2 Å². The highest BCUT2D eigenvalue weighted by atomic mass is 32.1. The first-order chi connectivity index (χ1) is 22.2. The van der Waals surface area contributed by atoms with Crippen molar-refractivity contribution in [3.8, 4) is 0 Å². The molecule has 4 atom stereocenters. The van der Waals surface area contributed by atoms with Crippen molar-refractivity contribution in [2.24, 2.45) is 5.73 Å². The number of aliphatic carboxylic acids is 1. The van der Waals surface area contributed by atoms with Gasteiger partial charge in [-0.1, -0.05) is 66.7 Å². The number of aromatic amines is 2. The Morgan fingerprint density at radius 1 is 0.652 bits per heavy atom. The molecule has 0 saturated carbocycles. The summed E-state index contributed by atoms with van der Waals surface area (Å²) in [6.07, 6.45) is 3.99. The molecule has 2 aromatic heterocycles. The summed E-state index contributed by atoms with van der Waals surface area (Å²) < 4.78 is 0. The van der Waals surface area contributed by atoms with Gasteiger partial charge in [-0.15, -0.1) is 0 Å². The molecule has 0 fully saturated rings. The molecule has 0 radical (unpaired) electrons. The van der Waals surface area contributed by atoms with E-state index in [2.05, 4.69) is 38.5 Å². The maximum Gasteiger partial charge on any atom is 0.327 e. The van der Waals surface area contributed by atoms with Crippen LogP contribution in [0.1, 0.15) is 16.7 Å². The van der Waals surface area contributed by atoms with Gasteiger partial charge < -0.3 is 36.8 Å². The number of carbonyl (C=O) groups excluding carboxylic acids is 3. The number of carboxylic acids is 1. The number of rotatable bonds is 14. The second-order valence-electron chi connectivity index (χ2n) is 11.1. The molecule has 2 heterocycles. The SMILES string of the molecule is NC(Cc1c[nH]c2ccccc12)C(=O)NC(Cc1ccccc1)C(=O)NC(Cc1c[nH]c2ccccc12)C(=O)NC(CS)C(=O)O. The quantitative estimate of drug-likeness (QED) is 0.0863. The van der Waals surface area contributed by atoms with Crippen LogP contribution >= 0.6 is 12.6 Å². The van der Waals surface area contributed by atoms with E-state index in [1.807, 2.05) is 85.1 Å². The number of hydrogen-bond donors (Lipinski definition) is 8. The number of nitrogens with two attached hydrogens (primary N) is 1. The smallest absolute Gasteiger partial charge is 0.327 e. The van der Waals surface area contributed by atoms with Crippen LogP contribution in [0.25, 0.3) is 21.8 Å².